The van der Waals surface area contributed by atoms with Crippen molar-refractivity contribution >= 4 is 0 Å². The van der Waals surface area contributed by atoms with Crippen LogP contribution < -0.4 is 11.1 Å². The molecule has 1 saturated heterocycles. The van der Waals surface area contributed by atoms with Gasteiger partial charge in [0.2, 0.25) is 0 Å². The van der Waals surface area contributed by atoms with Crippen molar-refractivity contribution in [3.8, 4) is 0 Å². The third-order valence-electron chi connectivity index (χ3n) is 2.62. The Balaban J connectivity index is 2.42. The lowest BCUT2D eigenvalue weighted by molar-refractivity contribution is 0.231. The first-order chi connectivity index (χ1) is 5.87. The Hall–Kier alpha value is -0.0800. The van der Waals surface area contributed by atoms with Crippen LogP contribution in [-0.2, 0) is 0 Å². The van der Waals surface area contributed by atoms with Crippen LogP contribution in [-0.4, -0.2) is 18.1 Å². The molecule has 0 aliphatic carbocycles. The number of piperidine rings is 1. The molecule has 1 aliphatic rings. The zero-order chi connectivity index (χ0) is 10.1. The molecule has 1 rings (SSSR count). The van der Waals surface area contributed by atoms with Crippen LogP contribution in [0.3, 0.4) is 0 Å². The molecule has 0 aromatic rings. The van der Waals surface area contributed by atoms with Crippen molar-refractivity contribution in [3.63, 3.8) is 0 Å². The molecule has 0 saturated carbocycles. The highest BCUT2D eigenvalue weighted by Crippen LogP contribution is 2.25. The molecular weight excluding hydrogens is 160 g/mol. The van der Waals surface area contributed by atoms with Crippen LogP contribution in [0.5, 0.6) is 0 Å². The standard InChI is InChI=1S/C11H24N2/c1-8-5-9(12)6-10(13-8)7-11(2,3)4/h8-10,13H,5-7,12H2,1-4H3/t8-,9+,10-/m0/s1. The van der Waals surface area contributed by atoms with E-state index in [-0.39, 0.29) is 0 Å². The molecule has 0 bridgehead atoms. The third-order valence-corrected chi connectivity index (χ3v) is 2.62. The Morgan fingerprint density at radius 3 is 2.38 bits per heavy atom. The SMILES string of the molecule is C[C@H]1C[C@@H](N)C[C@@H](CC(C)(C)C)N1. The van der Waals surface area contributed by atoms with Crippen LogP contribution in [0.1, 0.15) is 47.0 Å². The van der Waals surface area contributed by atoms with Gasteiger partial charge < -0.3 is 11.1 Å². The maximum atomic E-state index is 5.99. The highest BCUT2D eigenvalue weighted by Gasteiger charge is 2.26. The van der Waals surface area contributed by atoms with Crippen LogP contribution in [0.2, 0.25) is 0 Å². The fourth-order valence-corrected chi connectivity index (χ4v) is 2.34. The van der Waals surface area contributed by atoms with Crippen molar-refractivity contribution in [1.82, 2.24) is 5.32 Å². The number of hydrogen-bond acceptors (Lipinski definition) is 2. The second kappa shape index (κ2) is 3.97. The predicted molar refractivity (Wildman–Crippen MR) is 57.7 cm³/mol. The van der Waals surface area contributed by atoms with Gasteiger partial charge in [-0.15, -0.1) is 0 Å². The van der Waals surface area contributed by atoms with Crippen molar-refractivity contribution in [2.24, 2.45) is 11.1 Å². The molecule has 2 heteroatoms. The largest absolute Gasteiger partial charge is 0.328 e. The van der Waals surface area contributed by atoms with Gasteiger partial charge in [0.25, 0.3) is 0 Å². The summed E-state index contributed by atoms with van der Waals surface area (Å²) in [5, 5.41) is 3.62. The maximum Gasteiger partial charge on any atom is 0.00892 e. The Morgan fingerprint density at radius 2 is 1.92 bits per heavy atom. The molecule has 0 spiro atoms. The highest BCUT2D eigenvalue weighted by molar-refractivity contribution is 4.87. The first-order valence-corrected chi connectivity index (χ1v) is 5.38. The van der Waals surface area contributed by atoms with E-state index in [1.54, 1.807) is 0 Å². The summed E-state index contributed by atoms with van der Waals surface area (Å²) in [5.74, 6) is 0. The molecular formula is C11H24N2. The lowest BCUT2D eigenvalue weighted by atomic mass is 9.83. The minimum absolute atomic E-state index is 0.406. The van der Waals surface area contributed by atoms with Crippen LogP contribution in [0.15, 0.2) is 0 Å². The normalized spacial score (nSPS) is 36.2. The molecule has 1 heterocycles. The average molecular weight is 184 g/mol. The molecule has 0 amide bonds. The molecule has 13 heavy (non-hydrogen) atoms. The molecule has 1 aliphatic heterocycles. The van der Waals surface area contributed by atoms with Crippen LogP contribution in [0.4, 0.5) is 0 Å². The van der Waals surface area contributed by atoms with E-state index < -0.39 is 0 Å². The van der Waals surface area contributed by atoms with Gasteiger partial charge in [-0.1, -0.05) is 20.8 Å². The quantitative estimate of drug-likeness (QED) is 0.653. The fraction of sp³-hybridized carbons (Fsp3) is 1.00. The van der Waals surface area contributed by atoms with E-state index in [0.717, 1.165) is 12.8 Å². The molecule has 0 unspecified atom stereocenters. The first-order valence-electron chi connectivity index (χ1n) is 5.38. The summed E-state index contributed by atoms with van der Waals surface area (Å²) in [5.41, 5.74) is 6.41. The van der Waals surface area contributed by atoms with Crippen molar-refractivity contribution in [2.45, 2.75) is 65.1 Å². The number of nitrogens with one attached hydrogen (secondary N) is 1. The van der Waals surface area contributed by atoms with Gasteiger partial charge in [-0.25, -0.2) is 0 Å². The average Bonchev–Trinajstić information content (AvgIpc) is 1.78. The highest BCUT2D eigenvalue weighted by atomic mass is 15.0. The number of rotatable bonds is 1. The molecule has 0 radical (unpaired) electrons. The zero-order valence-electron chi connectivity index (χ0n) is 9.43. The second-order valence-electron chi connectivity index (χ2n) is 5.76. The molecule has 78 valence electrons. The smallest absolute Gasteiger partial charge is 0.00892 e. The van der Waals surface area contributed by atoms with Gasteiger partial charge in [0.15, 0.2) is 0 Å². The van der Waals surface area contributed by atoms with E-state index in [1.165, 1.54) is 6.42 Å². The van der Waals surface area contributed by atoms with Gasteiger partial charge >= 0.3 is 0 Å². The fourth-order valence-electron chi connectivity index (χ4n) is 2.34. The molecule has 2 nitrogen and oxygen atoms in total. The lowest BCUT2D eigenvalue weighted by Gasteiger charge is -2.36. The van der Waals surface area contributed by atoms with Crippen LogP contribution in [0.25, 0.3) is 0 Å². The van der Waals surface area contributed by atoms with Gasteiger partial charge in [-0.3, -0.25) is 0 Å². The summed E-state index contributed by atoms with van der Waals surface area (Å²) >= 11 is 0. The summed E-state index contributed by atoms with van der Waals surface area (Å²) in [4.78, 5) is 0. The second-order valence-corrected chi connectivity index (χ2v) is 5.76. The van der Waals surface area contributed by atoms with E-state index in [9.17, 15) is 0 Å². The first kappa shape index (κ1) is 11.0. The topological polar surface area (TPSA) is 38.0 Å². The van der Waals surface area contributed by atoms with Gasteiger partial charge in [0.05, 0.1) is 0 Å². The number of hydrogen-bond donors (Lipinski definition) is 2. The minimum Gasteiger partial charge on any atom is -0.328 e. The Morgan fingerprint density at radius 1 is 1.31 bits per heavy atom. The van der Waals surface area contributed by atoms with Crippen molar-refractivity contribution in [3.05, 3.63) is 0 Å². The van der Waals surface area contributed by atoms with Gasteiger partial charge in [-0.2, -0.15) is 0 Å². The zero-order valence-corrected chi connectivity index (χ0v) is 9.43. The minimum atomic E-state index is 0.406. The maximum absolute atomic E-state index is 5.99. The van der Waals surface area contributed by atoms with Crippen molar-refractivity contribution in [1.29, 1.82) is 0 Å². The van der Waals surface area contributed by atoms with E-state index in [0.29, 0.717) is 23.5 Å². The summed E-state index contributed by atoms with van der Waals surface area (Å²) in [6.07, 6.45) is 3.49. The molecule has 0 aromatic carbocycles. The van der Waals surface area contributed by atoms with Crippen molar-refractivity contribution < 1.29 is 0 Å². The summed E-state index contributed by atoms with van der Waals surface area (Å²) in [6.45, 7) is 9.10. The van der Waals surface area contributed by atoms with E-state index in [2.05, 4.69) is 33.0 Å². The number of nitrogens with two attached hydrogens (primary N) is 1. The van der Waals surface area contributed by atoms with E-state index in [1.807, 2.05) is 0 Å². The Labute approximate surface area is 82.3 Å². The molecule has 1 fully saturated rings. The summed E-state index contributed by atoms with van der Waals surface area (Å²) < 4.78 is 0. The monoisotopic (exact) mass is 184 g/mol. The summed E-state index contributed by atoms with van der Waals surface area (Å²) in [7, 11) is 0. The van der Waals surface area contributed by atoms with Crippen LogP contribution in [0, 0.1) is 5.41 Å². The van der Waals surface area contributed by atoms with E-state index in [4.69, 9.17) is 5.73 Å². The Bertz CT molecular complexity index is 150. The van der Waals surface area contributed by atoms with Gasteiger partial charge in [0.1, 0.15) is 0 Å². The Kier molecular flexibility index (Phi) is 3.36. The van der Waals surface area contributed by atoms with Gasteiger partial charge in [-0.05, 0) is 31.6 Å². The molecule has 0 aromatic heterocycles. The molecule has 3 N–H and O–H groups in total. The third kappa shape index (κ3) is 4.10. The van der Waals surface area contributed by atoms with Crippen molar-refractivity contribution in [2.75, 3.05) is 0 Å². The van der Waals surface area contributed by atoms with E-state index >= 15 is 0 Å². The lowest BCUT2D eigenvalue weighted by Crippen LogP contribution is -2.49. The summed E-state index contributed by atoms with van der Waals surface area (Å²) in [6, 6.07) is 1.62. The van der Waals surface area contributed by atoms with Crippen LogP contribution >= 0.6 is 0 Å². The molecule has 3 atom stereocenters. The van der Waals surface area contributed by atoms with Gasteiger partial charge in [0, 0.05) is 18.1 Å². The predicted octanol–water partition coefficient (Wildman–Crippen LogP) is 1.89.